The van der Waals surface area contributed by atoms with E-state index in [-0.39, 0.29) is 24.3 Å². The summed E-state index contributed by atoms with van der Waals surface area (Å²) in [6, 6.07) is 6.52. The molecule has 1 aliphatic heterocycles. The van der Waals surface area contributed by atoms with Crippen molar-refractivity contribution in [1.29, 1.82) is 0 Å². The number of carbonyl (C=O) groups excluding carboxylic acids is 2. The van der Waals surface area contributed by atoms with E-state index in [0.29, 0.717) is 0 Å². The highest BCUT2D eigenvalue weighted by molar-refractivity contribution is 5.83. The van der Waals surface area contributed by atoms with Gasteiger partial charge in [0, 0.05) is 20.1 Å². The normalized spacial score (nSPS) is 15.1. The van der Waals surface area contributed by atoms with Crippen LogP contribution in [-0.2, 0) is 4.79 Å². The highest BCUT2D eigenvalue weighted by Crippen LogP contribution is 2.39. The number of nitrogens with zero attached hydrogens (tertiary/aromatic N) is 1. The molecule has 170 valence electrons. The van der Waals surface area contributed by atoms with Gasteiger partial charge >= 0.3 is 6.03 Å². The van der Waals surface area contributed by atoms with E-state index in [0.717, 1.165) is 38.4 Å². The first kappa shape index (κ1) is 25.9. The van der Waals surface area contributed by atoms with Crippen molar-refractivity contribution in [3.05, 3.63) is 35.6 Å². The van der Waals surface area contributed by atoms with Crippen LogP contribution in [0, 0.1) is 5.82 Å². The fourth-order valence-corrected chi connectivity index (χ4v) is 3.00. The molecule has 1 aliphatic carbocycles. The SMILES string of the molecule is CCCCNC.CNC(=O)NCC(=O)N1CCCCC1.Fc1ccc(C2CC2)cc1. The smallest absolute Gasteiger partial charge is 0.314 e. The standard InChI is InChI=1S/C9H9F.C9H17N3O2.C5H13N/c10-9-5-3-8(4-6-9)7-1-2-7;1-10-9(14)11-7-8(13)12-5-3-2-4-6-12;1-3-4-5-6-2/h3-7H,1-2H2;2-7H2,1H3,(H2,10,11,14);6H,3-5H2,1-2H3. The van der Waals surface area contributed by atoms with E-state index in [2.05, 4.69) is 22.9 Å². The second kappa shape index (κ2) is 15.7. The third-order valence-electron chi connectivity index (χ3n) is 5.04. The Kier molecular flexibility index (Phi) is 13.5. The zero-order chi connectivity index (χ0) is 22.2. The Morgan fingerprint density at radius 1 is 1.07 bits per heavy atom. The van der Waals surface area contributed by atoms with E-state index in [9.17, 15) is 14.0 Å². The summed E-state index contributed by atoms with van der Waals surface area (Å²) in [6.45, 7) is 5.11. The van der Waals surface area contributed by atoms with E-state index in [1.165, 1.54) is 56.8 Å². The molecule has 2 fully saturated rings. The van der Waals surface area contributed by atoms with Crippen LogP contribution in [-0.4, -0.2) is 57.1 Å². The summed E-state index contributed by atoms with van der Waals surface area (Å²) < 4.78 is 12.4. The molecule has 0 bridgehead atoms. The topological polar surface area (TPSA) is 73.5 Å². The highest BCUT2D eigenvalue weighted by Gasteiger charge is 2.22. The number of unbranched alkanes of at least 4 members (excludes halogenated alkanes) is 1. The molecular formula is C23H39FN4O2. The first-order valence-electron chi connectivity index (χ1n) is 11.1. The molecule has 3 rings (SSSR count). The summed E-state index contributed by atoms with van der Waals surface area (Å²) in [5.74, 6) is 0.610. The first-order valence-corrected chi connectivity index (χ1v) is 11.1. The quantitative estimate of drug-likeness (QED) is 0.613. The van der Waals surface area contributed by atoms with Gasteiger partial charge in [-0.1, -0.05) is 25.5 Å². The third-order valence-corrected chi connectivity index (χ3v) is 5.04. The van der Waals surface area contributed by atoms with Crippen molar-refractivity contribution in [1.82, 2.24) is 20.9 Å². The largest absolute Gasteiger partial charge is 0.341 e. The Bertz CT molecular complexity index is 596. The van der Waals surface area contributed by atoms with Crippen LogP contribution in [0.1, 0.15) is 63.4 Å². The Labute approximate surface area is 181 Å². The lowest BCUT2D eigenvalue weighted by atomic mass is 10.1. The third kappa shape index (κ3) is 11.8. The maximum atomic E-state index is 12.4. The van der Waals surface area contributed by atoms with Crippen LogP contribution in [0.5, 0.6) is 0 Å². The van der Waals surface area contributed by atoms with Gasteiger partial charge in [0.1, 0.15) is 5.82 Å². The number of amides is 3. The second-order valence-electron chi connectivity index (χ2n) is 7.66. The van der Waals surface area contributed by atoms with Crippen molar-refractivity contribution in [3.8, 4) is 0 Å². The van der Waals surface area contributed by atoms with Gasteiger partial charge < -0.3 is 20.9 Å². The van der Waals surface area contributed by atoms with Crippen molar-refractivity contribution in [3.63, 3.8) is 0 Å². The highest BCUT2D eigenvalue weighted by atomic mass is 19.1. The molecule has 3 amide bonds. The van der Waals surface area contributed by atoms with Crippen LogP contribution >= 0.6 is 0 Å². The van der Waals surface area contributed by atoms with Gasteiger partial charge in [0.15, 0.2) is 0 Å². The van der Waals surface area contributed by atoms with Gasteiger partial charge in [-0.05, 0) is 75.7 Å². The van der Waals surface area contributed by atoms with Crippen LogP contribution in [0.25, 0.3) is 0 Å². The van der Waals surface area contributed by atoms with Gasteiger partial charge in [-0.15, -0.1) is 0 Å². The van der Waals surface area contributed by atoms with Crippen molar-refractivity contribution in [2.24, 2.45) is 0 Å². The molecule has 0 atom stereocenters. The first-order chi connectivity index (χ1) is 14.5. The van der Waals surface area contributed by atoms with Crippen LogP contribution < -0.4 is 16.0 Å². The Morgan fingerprint density at radius 3 is 2.17 bits per heavy atom. The number of urea groups is 1. The number of benzene rings is 1. The van der Waals surface area contributed by atoms with Crippen molar-refractivity contribution < 1.29 is 14.0 Å². The lowest BCUT2D eigenvalue weighted by molar-refractivity contribution is -0.130. The fourth-order valence-electron chi connectivity index (χ4n) is 3.00. The number of nitrogens with one attached hydrogen (secondary N) is 3. The molecule has 7 heteroatoms. The predicted octanol–water partition coefficient (Wildman–Crippen LogP) is 3.64. The van der Waals surface area contributed by atoms with Gasteiger partial charge in [0.05, 0.1) is 6.54 Å². The minimum absolute atomic E-state index is 0.00769. The molecule has 1 aromatic carbocycles. The number of halogens is 1. The molecule has 2 aliphatic rings. The number of hydrogen-bond donors (Lipinski definition) is 3. The molecule has 6 nitrogen and oxygen atoms in total. The summed E-state index contributed by atoms with van der Waals surface area (Å²) in [4.78, 5) is 24.1. The summed E-state index contributed by atoms with van der Waals surface area (Å²) in [7, 11) is 3.51. The van der Waals surface area contributed by atoms with Crippen molar-refractivity contribution in [2.75, 3.05) is 40.3 Å². The van der Waals surface area contributed by atoms with E-state index < -0.39 is 0 Å². The second-order valence-corrected chi connectivity index (χ2v) is 7.66. The maximum Gasteiger partial charge on any atom is 0.314 e. The average molecular weight is 423 g/mol. The van der Waals surface area contributed by atoms with Crippen LogP contribution in [0.2, 0.25) is 0 Å². The predicted molar refractivity (Wildman–Crippen MR) is 120 cm³/mol. The van der Waals surface area contributed by atoms with Crippen molar-refractivity contribution in [2.45, 2.75) is 57.8 Å². The number of hydrogen-bond acceptors (Lipinski definition) is 3. The van der Waals surface area contributed by atoms with E-state index in [1.54, 1.807) is 4.90 Å². The Hall–Kier alpha value is -2.15. The number of carbonyl (C=O) groups is 2. The van der Waals surface area contributed by atoms with Gasteiger partial charge in [0.2, 0.25) is 5.91 Å². The Morgan fingerprint density at radius 2 is 1.70 bits per heavy atom. The average Bonchev–Trinajstić information content (AvgIpc) is 3.63. The monoisotopic (exact) mass is 422 g/mol. The van der Waals surface area contributed by atoms with E-state index in [4.69, 9.17) is 0 Å². The molecule has 0 radical (unpaired) electrons. The molecule has 1 saturated carbocycles. The van der Waals surface area contributed by atoms with Crippen molar-refractivity contribution >= 4 is 11.9 Å². The molecule has 1 heterocycles. The minimum Gasteiger partial charge on any atom is -0.341 e. The molecule has 0 unspecified atom stereocenters. The summed E-state index contributed by atoms with van der Waals surface area (Å²) in [6.07, 6.45) is 8.51. The maximum absolute atomic E-state index is 12.4. The molecule has 0 aromatic heterocycles. The Balaban J connectivity index is 0.000000245. The number of rotatable bonds is 6. The molecule has 1 saturated heterocycles. The van der Waals surface area contributed by atoms with E-state index in [1.807, 2.05) is 19.2 Å². The van der Waals surface area contributed by atoms with Crippen LogP contribution in [0.4, 0.5) is 9.18 Å². The number of piperidine rings is 1. The van der Waals surface area contributed by atoms with E-state index >= 15 is 0 Å². The molecule has 0 spiro atoms. The number of likely N-dealkylation sites (tertiary alicyclic amines) is 1. The van der Waals surface area contributed by atoms with Gasteiger partial charge in [-0.2, -0.15) is 0 Å². The van der Waals surface area contributed by atoms with Gasteiger partial charge in [-0.25, -0.2) is 9.18 Å². The molecular weight excluding hydrogens is 383 g/mol. The van der Waals surface area contributed by atoms with Crippen LogP contribution in [0.15, 0.2) is 24.3 Å². The molecule has 3 N–H and O–H groups in total. The molecule has 1 aromatic rings. The van der Waals surface area contributed by atoms with Gasteiger partial charge in [0.25, 0.3) is 0 Å². The lowest BCUT2D eigenvalue weighted by Crippen LogP contribution is -2.44. The fraction of sp³-hybridized carbons (Fsp3) is 0.652. The summed E-state index contributed by atoms with van der Waals surface area (Å²) in [5.41, 5.74) is 1.29. The minimum atomic E-state index is -0.310. The van der Waals surface area contributed by atoms with Gasteiger partial charge in [-0.3, -0.25) is 4.79 Å². The summed E-state index contributed by atoms with van der Waals surface area (Å²) >= 11 is 0. The zero-order valence-corrected chi connectivity index (χ0v) is 18.8. The molecule has 30 heavy (non-hydrogen) atoms. The van der Waals surface area contributed by atoms with Crippen LogP contribution in [0.3, 0.4) is 0 Å². The zero-order valence-electron chi connectivity index (χ0n) is 18.8. The lowest BCUT2D eigenvalue weighted by Gasteiger charge is -2.26. The summed E-state index contributed by atoms with van der Waals surface area (Å²) in [5, 5.41) is 7.96.